The van der Waals surface area contributed by atoms with Crippen molar-refractivity contribution in [3.8, 4) is 0 Å². The largest absolute Gasteiger partial charge is 0.324 e. The molecule has 1 saturated heterocycles. The molecule has 3 rings (SSSR count). The van der Waals surface area contributed by atoms with Crippen LogP contribution >= 0.6 is 11.6 Å². The molecule has 1 fully saturated rings. The topological polar surface area (TPSA) is 79.4 Å². The van der Waals surface area contributed by atoms with Gasteiger partial charge in [0.1, 0.15) is 0 Å². The van der Waals surface area contributed by atoms with Gasteiger partial charge in [0, 0.05) is 24.3 Å². The number of halogens is 1. The second-order valence-corrected chi connectivity index (χ2v) is 8.26. The Morgan fingerprint density at radius 2 is 2.00 bits per heavy atom. The molecule has 0 spiro atoms. The normalized spacial score (nSPS) is 18.7. The molecular weight excluding hydrogens is 362 g/mol. The number of amides is 1. The van der Waals surface area contributed by atoms with Crippen molar-refractivity contribution in [2.45, 2.75) is 17.7 Å². The lowest BCUT2D eigenvalue weighted by molar-refractivity contribution is -0.120. The van der Waals surface area contributed by atoms with Gasteiger partial charge in [-0.1, -0.05) is 11.6 Å². The molecule has 1 aromatic heterocycles. The number of carbonyl (C=O) groups is 1. The molecule has 1 atom stereocenters. The van der Waals surface area contributed by atoms with Crippen molar-refractivity contribution >= 4 is 33.2 Å². The zero-order valence-electron chi connectivity index (χ0n) is 13.4. The van der Waals surface area contributed by atoms with Gasteiger partial charge in [0.25, 0.3) is 0 Å². The van der Waals surface area contributed by atoms with E-state index in [2.05, 4.69) is 10.3 Å². The van der Waals surface area contributed by atoms with E-state index in [4.69, 9.17) is 11.6 Å². The summed E-state index contributed by atoms with van der Waals surface area (Å²) in [5.41, 5.74) is 0.602. The fourth-order valence-corrected chi connectivity index (χ4v) is 4.46. The summed E-state index contributed by atoms with van der Waals surface area (Å²) in [4.78, 5) is 16.6. The predicted molar refractivity (Wildman–Crippen MR) is 95.8 cm³/mol. The van der Waals surface area contributed by atoms with Crippen LogP contribution in [-0.2, 0) is 14.8 Å². The van der Waals surface area contributed by atoms with Gasteiger partial charge in [-0.25, -0.2) is 8.42 Å². The Morgan fingerprint density at radius 1 is 1.24 bits per heavy atom. The van der Waals surface area contributed by atoms with E-state index in [1.54, 1.807) is 36.7 Å². The zero-order valence-corrected chi connectivity index (χ0v) is 15.0. The SMILES string of the molecule is O=C(Nc1cccnc1)[C@@H]1CCCN(S(=O)(=O)c2ccc(Cl)cc2)C1. The van der Waals surface area contributed by atoms with E-state index in [1.807, 2.05) is 0 Å². The number of sulfonamides is 1. The first-order chi connectivity index (χ1) is 12.0. The molecule has 0 unspecified atom stereocenters. The Balaban J connectivity index is 1.72. The molecule has 1 aliphatic rings. The summed E-state index contributed by atoms with van der Waals surface area (Å²) < 4.78 is 26.9. The molecule has 25 heavy (non-hydrogen) atoms. The summed E-state index contributed by atoms with van der Waals surface area (Å²) in [6.45, 7) is 0.568. The lowest BCUT2D eigenvalue weighted by atomic mass is 9.99. The van der Waals surface area contributed by atoms with Crippen LogP contribution in [0.5, 0.6) is 0 Å². The third-order valence-corrected chi connectivity index (χ3v) is 6.27. The van der Waals surface area contributed by atoms with Crippen LogP contribution in [0.15, 0.2) is 53.7 Å². The predicted octanol–water partition coefficient (Wildman–Crippen LogP) is 2.77. The van der Waals surface area contributed by atoms with Crippen molar-refractivity contribution in [1.29, 1.82) is 0 Å². The molecule has 2 aromatic rings. The van der Waals surface area contributed by atoms with Crippen LogP contribution in [0.4, 0.5) is 5.69 Å². The Kier molecular flexibility index (Phi) is 5.36. The molecule has 1 aromatic carbocycles. The second kappa shape index (κ2) is 7.51. The van der Waals surface area contributed by atoms with Crippen molar-refractivity contribution in [3.05, 3.63) is 53.8 Å². The monoisotopic (exact) mass is 379 g/mol. The lowest BCUT2D eigenvalue weighted by Crippen LogP contribution is -2.43. The number of carbonyl (C=O) groups excluding carboxylic acids is 1. The third-order valence-electron chi connectivity index (χ3n) is 4.14. The van der Waals surface area contributed by atoms with Gasteiger partial charge in [-0.2, -0.15) is 4.31 Å². The van der Waals surface area contributed by atoms with Crippen molar-refractivity contribution in [2.75, 3.05) is 18.4 Å². The highest BCUT2D eigenvalue weighted by Crippen LogP contribution is 2.25. The van der Waals surface area contributed by atoms with Crippen LogP contribution in [0.3, 0.4) is 0 Å². The Bertz CT molecular complexity index is 841. The van der Waals surface area contributed by atoms with Gasteiger partial charge in [-0.15, -0.1) is 0 Å². The van der Waals surface area contributed by atoms with Crippen LogP contribution in [-0.4, -0.2) is 36.7 Å². The van der Waals surface area contributed by atoms with Gasteiger partial charge >= 0.3 is 0 Å². The van der Waals surface area contributed by atoms with E-state index in [1.165, 1.54) is 16.4 Å². The number of pyridine rings is 1. The summed E-state index contributed by atoms with van der Waals surface area (Å²) >= 11 is 5.82. The van der Waals surface area contributed by atoms with Crippen LogP contribution in [0.1, 0.15) is 12.8 Å². The second-order valence-electron chi connectivity index (χ2n) is 5.89. The number of aromatic nitrogens is 1. The highest BCUT2D eigenvalue weighted by Gasteiger charge is 2.33. The van der Waals surface area contributed by atoms with Gasteiger partial charge in [-0.3, -0.25) is 9.78 Å². The van der Waals surface area contributed by atoms with Crippen molar-refractivity contribution in [3.63, 3.8) is 0 Å². The van der Waals surface area contributed by atoms with E-state index in [0.717, 1.165) is 0 Å². The number of rotatable bonds is 4. The number of nitrogens with one attached hydrogen (secondary N) is 1. The molecule has 1 amide bonds. The summed E-state index contributed by atoms with van der Waals surface area (Å²) in [6.07, 6.45) is 4.47. The first-order valence-electron chi connectivity index (χ1n) is 7.93. The molecule has 6 nitrogen and oxygen atoms in total. The summed E-state index contributed by atoms with van der Waals surface area (Å²) in [5.74, 6) is -0.583. The van der Waals surface area contributed by atoms with Crippen molar-refractivity contribution < 1.29 is 13.2 Å². The highest BCUT2D eigenvalue weighted by molar-refractivity contribution is 7.89. The molecule has 1 aliphatic heterocycles. The van der Waals surface area contributed by atoms with E-state index < -0.39 is 15.9 Å². The molecule has 8 heteroatoms. The van der Waals surface area contributed by atoms with Gasteiger partial charge in [0.15, 0.2) is 0 Å². The van der Waals surface area contributed by atoms with E-state index in [0.29, 0.717) is 30.1 Å². The lowest BCUT2D eigenvalue weighted by Gasteiger charge is -2.31. The number of hydrogen-bond acceptors (Lipinski definition) is 4. The maximum absolute atomic E-state index is 12.8. The fraction of sp³-hybridized carbons (Fsp3) is 0.294. The maximum Gasteiger partial charge on any atom is 0.243 e. The number of benzene rings is 1. The van der Waals surface area contributed by atoms with Crippen LogP contribution in [0.2, 0.25) is 5.02 Å². The third kappa shape index (κ3) is 4.18. The van der Waals surface area contributed by atoms with Gasteiger partial charge in [0.05, 0.1) is 22.7 Å². The first kappa shape index (κ1) is 17.8. The minimum atomic E-state index is -3.64. The molecule has 2 heterocycles. The van der Waals surface area contributed by atoms with E-state index >= 15 is 0 Å². The zero-order chi connectivity index (χ0) is 17.9. The molecule has 0 bridgehead atoms. The van der Waals surface area contributed by atoms with Crippen LogP contribution in [0.25, 0.3) is 0 Å². The summed E-state index contributed by atoms with van der Waals surface area (Å²) in [7, 11) is -3.64. The molecular formula is C17H18ClN3O3S. The molecule has 132 valence electrons. The average molecular weight is 380 g/mol. The van der Waals surface area contributed by atoms with Gasteiger partial charge in [0.2, 0.25) is 15.9 Å². The van der Waals surface area contributed by atoms with E-state index in [9.17, 15) is 13.2 Å². The summed E-state index contributed by atoms with van der Waals surface area (Å²) in [5, 5.41) is 3.27. The van der Waals surface area contributed by atoms with E-state index in [-0.39, 0.29) is 17.3 Å². The Labute approximate surface area is 151 Å². The number of anilines is 1. The average Bonchev–Trinajstić information content (AvgIpc) is 2.63. The summed E-state index contributed by atoms with van der Waals surface area (Å²) in [6, 6.07) is 9.54. The minimum absolute atomic E-state index is 0.164. The van der Waals surface area contributed by atoms with Gasteiger partial charge in [-0.05, 0) is 49.2 Å². The highest BCUT2D eigenvalue weighted by atomic mass is 35.5. The maximum atomic E-state index is 12.8. The molecule has 0 saturated carbocycles. The van der Waals surface area contributed by atoms with Crippen LogP contribution in [0, 0.1) is 5.92 Å². The van der Waals surface area contributed by atoms with Crippen molar-refractivity contribution in [1.82, 2.24) is 9.29 Å². The van der Waals surface area contributed by atoms with Crippen molar-refractivity contribution in [2.24, 2.45) is 5.92 Å². The molecule has 0 aliphatic carbocycles. The first-order valence-corrected chi connectivity index (χ1v) is 9.75. The Hall–Kier alpha value is -1.96. The van der Waals surface area contributed by atoms with Crippen LogP contribution < -0.4 is 5.32 Å². The quantitative estimate of drug-likeness (QED) is 0.885. The van der Waals surface area contributed by atoms with Gasteiger partial charge < -0.3 is 5.32 Å². The standard InChI is InChI=1S/C17H18ClN3O3S/c18-14-5-7-16(8-6-14)25(23,24)21-10-2-3-13(12-21)17(22)20-15-4-1-9-19-11-15/h1,4-9,11,13H,2-3,10,12H2,(H,20,22)/t13-/m1/s1. The number of nitrogens with zero attached hydrogens (tertiary/aromatic N) is 2. The number of piperidine rings is 1. The molecule has 1 N–H and O–H groups in total. The smallest absolute Gasteiger partial charge is 0.243 e. The molecule has 0 radical (unpaired) electrons. The Morgan fingerprint density at radius 3 is 2.68 bits per heavy atom. The minimum Gasteiger partial charge on any atom is -0.324 e. The fourth-order valence-electron chi connectivity index (χ4n) is 2.81. The number of hydrogen-bond donors (Lipinski definition) is 1.